The topological polar surface area (TPSA) is 12.0 Å². The molecule has 2 rings (SSSR count). The van der Waals surface area contributed by atoms with Gasteiger partial charge in [0, 0.05) is 11.6 Å². The smallest absolute Gasteiger partial charge is 0.163 e. The molecular formula is C15H21F2N. The van der Waals surface area contributed by atoms with Crippen molar-refractivity contribution in [2.24, 2.45) is 11.3 Å². The summed E-state index contributed by atoms with van der Waals surface area (Å²) in [5, 5.41) is 3.36. The number of benzene rings is 1. The Balaban J connectivity index is 2.26. The van der Waals surface area contributed by atoms with Gasteiger partial charge in [0.15, 0.2) is 11.6 Å². The van der Waals surface area contributed by atoms with Gasteiger partial charge in [-0.15, -0.1) is 0 Å². The number of hydrogen-bond acceptors (Lipinski definition) is 1. The predicted molar refractivity (Wildman–Crippen MR) is 69.3 cm³/mol. The molecule has 1 fully saturated rings. The Kier molecular flexibility index (Phi) is 3.71. The average Bonchev–Trinajstić information content (AvgIpc) is 2.94. The van der Waals surface area contributed by atoms with E-state index in [0.29, 0.717) is 11.5 Å². The molecule has 18 heavy (non-hydrogen) atoms. The minimum absolute atomic E-state index is 0.0735. The molecule has 1 aromatic carbocycles. The van der Waals surface area contributed by atoms with Gasteiger partial charge in [0.1, 0.15) is 0 Å². The normalized spacial score (nSPS) is 22.8. The molecular weight excluding hydrogens is 232 g/mol. The van der Waals surface area contributed by atoms with E-state index in [4.69, 9.17) is 0 Å². The van der Waals surface area contributed by atoms with E-state index in [1.807, 2.05) is 0 Å². The van der Waals surface area contributed by atoms with Crippen LogP contribution >= 0.6 is 0 Å². The second kappa shape index (κ2) is 4.96. The van der Waals surface area contributed by atoms with Gasteiger partial charge >= 0.3 is 0 Å². The van der Waals surface area contributed by atoms with Crippen LogP contribution in [-0.4, -0.2) is 6.54 Å². The van der Waals surface area contributed by atoms with E-state index in [-0.39, 0.29) is 11.5 Å². The Morgan fingerprint density at radius 2 is 2.06 bits per heavy atom. The molecule has 1 aliphatic carbocycles. The van der Waals surface area contributed by atoms with Crippen LogP contribution in [0.25, 0.3) is 0 Å². The Labute approximate surface area is 108 Å². The second-order valence-corrected chi connectivity index (χ2v) is 5.87. The molecule has 0 aromatic heterocycles. The van der Waals surface area contributed by atoms with Crippen molar-refractivity contribution < 1.29 is 8.78 Å². The van der Waals surface area contributed by atoms with E-state index in [1.165, 1.54) is 6.07 Å². The Hall–Kier alpha value is -0.960. The van der Waals surface area contributed by atoms with E-state index in [1.54, 1.807) is 12.1 Å². The quantitative estimate of drug-likeness (QED) is 0.834. The van der Waals surface area contributed by atoms with E-state index in [0.717, 1.165) is 19.4 Å². The van der Waals surface area contributed by atoms with Crippen molar-refractivity contribution in [1.82, 2.24) is 5.32 Å². The first-order valence-electron chi connectivity index (χ1n) is 6.64. The van der Waals surface area contributed by atoms with Crippen molar-refractivity contribution in [2.45, 2.75) is 39.7 Å². The fourth-order valence-corrected chi connectivity index (χ4v) is 2.61. The lowest BCUT2D eigenvalue weighted by molar-refractivity contribution is 0.393. The van der Waals surface area contributed by atoms with Crippen molar-refractivity contribution in [1.29, 1.82) is 0 Å². The molecule has 0 radical (unpaired) electrons. The summed E-state index contributed by atoms with van der Waals surface area (Å²) in [5.74, 6) is -1.07. The van der Waals surface area contributed by atoms with Gasteiger partial charge in [-0.05, 0) is 36.8 Å². The zero-order valence-electron chi connectivity index (χ0n) is 11.3. The first kappa shape index (κ1) is 13.5. The monoisotopic (exact) mass is 253 g/mol. The highest BCUT2D eigenvalue weighted by molar-refractivity contribution is 5.26. The van der Waals surface area contributed by atoms with Crippen LogP contribution in [0, 0.1) is 23.0 Å². The minimum atomic E-state index is -0.755. The van der Waals surface area contributed by atoms with Gasteiger partial charge in [0.25, 0.3) is 0 Å². The Bertz CT molecular complexity index is 429. The SMILES string of the molecule is CCCNC(c1cccc(F)c1F)C1CC1(C)C. The summed E-state index contributed by atoms with van der Waals surface area (Å²) in [6.45, 7) is 7.25. The highest BCUT2D eigenvalue weighted by Crippen LogP contribution is 2.57. The fraction of sp³-hybridized carbons (Fsp3) is 0.600. The van der Waals surface area contributed by atoms with Gasteiger partial charge in [-0.3, -0.25) is 0 Å². The molecule has 3 heteroatoms. The average molecular weight is 253 g/mol. The van der Waals surface area contributed by atoms with Gasteiger partial charge in [0.2, 0.25) is 0 Å². The van der Waals surface area contributed by atoms with Crippen LogP contribution in [0.5, 0.6) is 0 Å². The van der Waals surface area contributed by atoms with Gasteiger partial charge in [0.05, 0.1) is 0 Å². The largest absolute Gasteiger partial charge is 0.310 e. The lowest BCUT2D eigenvalue weighted by Gasteiger charge is -2.21. The number of hydrogen-bond donors (Lipinski definition) is 1. The Morgan fingerprint density at radius 1 is 1.39 bits per heavy atom. The highest BCUT2D eigenvalue weighted by atomic mass is 19.2. The molecule has 0 spiro atoms. The fourth-order valence-electron chi connectivity index (χ4n) is 2.61. The van der Waals surface area contributed by atoms with Gasteiger partial charge in [-0.1, -0.05) is 32.9 Å². The van der Waals surface area contributed by atoms with E-state index in [9.17, 15) is 8.78 Å². The third kappa shape index (κ3) is 2.56. The van der Waals surface area contributed by atoms with E-state index >= 15 is 0 Å². The van der Waals surface area contributed by atoms with Gasteiger partial charge in [-0.25, -0.2) is 8.78 Å². The third-order valence-corrected chi connectivity index (χ3v) is 3.92. The molecule has 2 unspecified atom stereocenters. The second-order valence-electron chi connectivity index (χ2n) is 5.87. The van der Waals surface area contributed by atoms with Crippen LogP contribution in [0.1, 0.15) is 45.2 Å². The van der Waals surface area contributed by atoms with E-state index < -0.39 is 11.6 Å². The summed E-state index contributed by atoms with van der Waals surface area (Å²) in [4.78, 5) is 0. The summed E-state index contributed by atoms with van der Waals surface area (Å²) >= 11 is 0. The van der Waals surface area contributed by atoms with Crippen molar-refractivity contribution >= 4 is 0 Å². The zero-order chi connectivity index (χ0) is 13.3. The van der Waals surface area contributed by atoms with Crippen LogP contribution in [0.4, 0.5) is 8.78 Å². The summed E-state index contributed by atoms with van der Waals surface area (Å²) in [6.07, 6.45) is 2.05. The van der Waals surface area contributed by atoms with E-state index in [2.05, 4.69) is 26.1 Å². The molecule has 100 valence electrons. The van der Waals surface area contributed by atoms with Gasteiger partial charge < -0.3 is 5.32 Å². The van der Waals surface area contributed by atoms with Crippen LogP contribution < -0.4 is 5.32 Å². The highest BCUT2D eigenvalue weighted by Gasteiger charge is 2.50. The molecule has 0 aliphatic heterocycles. The summed E-state index contributed by atoms with van der Waals surface area (Å²) in [5.41, 5.74) is 0.698. The number of nitrogens with one attached hydrogen (secondary N) is 1. The molecule has 0 heterocycles. The summed E-state index contributed by atoms with van der Waals surface area (Å²) in [7, 11) is 0. The zero-order valence-corrected chi connectivity index (χ0v) is 11.3. The molecule has 1 aromatic rings. The third-order valence-electron chi connectivity index (χ3n) is 3.92. The molecule has 1 saturated carbocycles. The molecule has 0 amide bonds. The Morgan fingerprint density at radius 3 is 2.61 bits per heavy atom. The minimum Gasteiger partial charge on any atom is -0.310 e. The predicted octanol–water partition coefficient (Wildman–Crippen LogP) is 4.05. The maximum atomic E-state index is 13.9. The molecule has 1 N–H and O–H groups in total. The van der Waals surface area contributed by atoms with Crippen LogP contribution in [-0.2, 0) is 0 Å². The standard InChI is InChI=1S/C15H21F2N/c1-4-8-18-14(11-9-15(11,2)3)10-6-5-7-12(16)13(10)17/h5-7,11,14,18H,4,8-9H2,1-3H3. The van der Waals surface area contributed by atoms with Crippen LogP contribution in [0.15, 0.2) is 18.2 Å². The number of halogens is 2. The van der Waals surface area contributed by atoms with Crippen molar-refractivity contribution in [3.8, 4) is 0 Å². The van der Waals surface area contributed by atoms with Crippen molar-refractivity contribution in [3.63, 3.8) is 0 Å². The van der Waals surface area contributed by atoms with Crippen molar-refractivity contribution in [3.05, 3.63) is 35.4 Å². The first-order valence-corrected chi connectivity index (χ1v) is 6.64. The summed E-state index contributed by atoms with van der Waals surface area (Å²) < 4.78 is 27.2. The molecule has 1 aliphatic rings. The molecule has 0 bridgehead atoms. The molecule has 1 nitrogen and oxygen atoms in total. The van der Waals surface area contributed by atoms with Crippen molar-refractivity contribution in [2.75, 3.05) is 6.54 Å². The van der Waals surface area contributed by atoms with Gasteiger partial charge in [-0.2, -0.15) is 0 Å². The molecule has 2 atom stereocenters. The number of rotatable bonds is 5. The maximum Gasteiger partial charge on any atom is 0.163 e. The first-order chi connectivity index (χ1) is 8.47. The lowest BCUT2D eigenvalue weighted by atomic mass is 9.96. The summed E-state index contributed by atoms with van der Waals surface area (Å²) in [6, 6.07) is 4.38. The van der Waals surface area contributed by atoms with Crippen LogP contribution in [0.2, 0.25) is 0 Å². The maximum absolute atomic E-state index is 13.9. The molecule has 0 saturated heterocycles. The van der Waals surface area contributed by atoms with Crippen LogP contribution in [0.3, 0.4) is 0 Å². The lowest BCUT2D eigenvalue weighted by Crippen LogP contribution is -2.26.